The molecule has 0 spiro atoms. The van der Waals surface area contributed by atoms with Crippen LogP contribution < -0.4 is 4.74 Å². The van der Waals surface area contributed by atoms with Crippen LogP contribution in [0.4, 0.5) is 0 Å². The standard InChI is InChI=1S/C17H18N2O2/c1-21-14-7-5-13(6-8-14)15(9-11-20)16(12-18)17-4-2-3-10-19-17/h2-8,10,15-16,20H,9,11H2,1H3/t15-,16-/m1/s1. The zero-order valence-electron chi connectivity index (χ0n) is 11.9. The minimum absolute atomic E-state index is 0.0295. The van der Waals surface area contributed by atoms with Gasteiger partial charge in [0.25, 0.3) is 0 Å². The molecule has 1 heterocycles. The van der Waals surface area contributed by atoms with Crippen LogP contribution in [0.3, 0.4) is 0 Å². The first-order chi connectivity index (χ1) is 10.3. The van der Waals surface area contributed by atoms with Crippen LogP contribution in [0.5, 0.6) is 5.75 Å². The largest absolute Gasteiger partial charge is 0.497 e. The summed E-state index contributed by atoms with van der Waals surface area (Å²) in [6.45, 7) is 0.0295. The fourth-order valence-electron chi connectivity index (χ4n) is 2.44. The van der Waals surface area contributed by atoms with Crippen molar-refractivity contribution in [3.8, 4) is 11.8 Å². The average Bonchev–Trinajstić information content (AvgIpc) is 2.56. The number of rotatable bonds is 6. The van der Waals surface area contributed by atoms with Gasteiger partial charge < -0.3 is 9.84 Å². The lowest BCUT2D eigenvalue weighted by Crippen LogP contribution is -2.13. The van der Waals surface area contributed by atoms with Gasteiger partial charge in [0.2, 0.25) is 0 Å². The van der Waals surface area contributed by atoms with Crippen LogP contribution in [0, 0.1) is 11.3 Å². The summed E-state index contributed by atoms with van der Waals surface area (Å²) in [7, 11) is 1.62. The predicted octanol–water partition coefficient (Wildman–Crippen LogP) is 2.86. The van der Waals surface area contributed by atoms with Crippen LogP contribution in [0.25, 0.3) is 0 Å². The fraction of sp³-hybridized carbons (Fsp3) is 0.294. The highest BCUT2D eigenvalue weighted by Gasteiger charge is 2.25. The summed E-state index contributed by atoms with van der Waals surface area (Å²) in [5, 5.41) is 18.9. The van der Waals surface area contributed by atoms with Crippen molar-refractivity contribution in [1.29, 1.82) is 5.26 Å². The second-order valence-electron chi connectivity index (χ2n) is 4.75. The molecule has 0 amide bonds. The van der Waals surface area contributed by atoms with E-state index in [9.17, 15) is 10.4 Å². The molecular weight excluding hydrogens is 264 g/mol. The molecule has 1 aromatic carbocycles. The highest BCUT2D eigenvalue weighted by molar-refractivity contribution is 5.34. The van der Waals surface area contributed by atoms with Crippen molar-refractivity contribution < 1.29 is 9.84 Å². The van der Waals surface area contributed by atoms with Crippen molar-refractivity contribution in [2.24, 2.45) is 0 Å². The van der Waals surface area contributed by atoms with Gasteiger partial charge in [-0.1, -0.05) is 18.2 Å². The van der Waals surface area contributed by atoms with E-state index in [1.54, 1.807) is 13.3 Å². The lowest BCUT2D eigenvalue weighted by molar-refractivity contribution is 0.271. The van der Waals surface area contributed by atoms with Gasteiger partial charge in [-0.25, -0.2) is 0 Å². The zero-order valence-corrected chi connectivity index (χ0v) is 11.9. The van der Waals surface area contributed by atoms with E-state index in [0.717, 1.165) is 17.0 Å². The van der Waals surface area contributed by atoms with Gasteiger partial charge in [0.1, 0.15) is 5.75 Å². The molecule has 4 heteroatoms. The second-order valence-corrected chi connectivity index (χ2v) is 4.75. The number of benzene rings is 1. The van der Waals surface area contributed by atoms with Gasteiger partial charge in [0.15, 0.2) is 0 Å². The molecular formula is C17H18N2O2. The zero-order chi connectivity index (χ0) is 15.1. The lowest BCUT2D eigenvalue weighted by Gasteiger charge is -2.21. The number of pyridine rings is 1. The van der Waals surface area contributed by atoms with E-state index < -0.39 is 0 Å². The quantitative estimate of drug-likeness (QED) is 0.884. The number of nitrogens with zero attached hydrogens (tertiary/aromatic N) is 2. The maximum atomic E-state index is 9.54. The van der Waals surface area contributed by atoms with Gasteiger partial charge >= 0.3 is 0 Å². The van der Waals surface area contributed by atoms with Gasteiger partial charge in [-0.3, -0.25) is 4.98 Å². The van der Waals surface area contributed by atoms with Gasteiger partial charge in [-0.15, -0.1) is 0 Å². The molecule has 21 heavy (non-hydrogen) atoms. The molecule has 108 valence electrons. The van der Waals surface area contributed by atoms with Crippen LogP contribution in [0.2, 0.25) is 0 Å². The number of aliphatic hydroxyl groups is 1. The second kappa shape index (κ2) is 7.41. The van der Waals surface area contributed by atoms with Gasteiger partial charge in [0.05, 0.1) is 24.8 Å². The molecule has 4 nitrogen and oxygen atoms in total. The predicted molar refractivity (Wildman–Crippen MR) is 80.0 cm³/mol. The highest BCUT2D eigenvalue weighted by atomic mass is 16.5. The Labute approximate surface area is 124 Å². The van der Waals surface area contributed by atoms with Crippen molar-refractivity contribution >= 4 is 0 Å². The molecule has 2 rings (SSSR count). The highest BCUT2D eigenvalue weighted by Crippen LogP contribution is 2.34. The number of ether oxygens (including phenoxy) is 1. The Hall–Kier alpha value is -2.38. The molecule has 2 atom stereocenters. The third-order valence-corrected chi connectivity index (χ3v) is 3.53. The first-order valence-corrected chi connectivity index (χ1v) is 6.85. The normalized spacial score (nSPS) is 13.2. The maximum absolute atomic E-state index is 9.54. The average molecular weight is 282 g/mol. The molecule has 0 unspecified atom stereocenters. The third kappa shape index (κ3) is 3.59. The minimum Gasteiger partial charge on any atom is -0.497 e. The summed E-state index contributed by atoms with van der Waals surface area (Å²) in [4.78, 5) is 4.28. The van der Waals surface area contributed by atoms with Gasteiger partial charge in [-0.2, -0.15) is 5.26 Å². The molecule has 0 aliphatic rings. The van der Waals surface area contributed by atoms with E-state index in [1.807, 2.05) is 42.5 Å². The summed E-state index contributed by atoms with van der Waals surface area (Å²) in [6, 6.07) is 15.5. The van der Waals surface area contributed by atoms with Crippen molar-refractivity contribution in [2.75, 3.05) is 13.7 Å². The van der Waals surface area contributed by atoms with Crippen molar-refractivity contribution in [3.63, 3.8) is 0 Å². The molecule has 0 aliphatic carbocycles. The topological polar surface area (TPSA) is 66.1 Å². The molecule has 0 bridgehead atoms. The van der Waals surface area contributed by atoms with Crippen LogP contribution in [-0.4, -0.2) is 23.8 Å². The van der Waals surface area contributed by atoms with Gasteiger partial charge in [-0.05, 0) is 36.2 Å². The summed E-state index contributed by atoms with van der Waals surface area (Å²) < 4.78 is 5.15. The van der Waals surface area contributed by atoms with E-state index in [-0.39, 0.29) is 18.4 Å². The van der Waals surface area contributed by atoms with E-state index in [4.69, 9.17) is 4.74 Å². The molecule has 0 saturated carbocycles. The summed E-state index contributed by atoms with van der Waals surface area (Å²) in [5.74, 6) is 0.292. The summed E-state index contributed by atoms with van der Waals surface area (Å²) >= 11 is 0. The van der Waals surface area contributed by atoms with Crippen molar-refractivity contribution in [3.05, 3.63) is 59.9 Å². The number of methoxy groups -OCH3 is 1. The number of aromatic nitrogens is 1. The SMILES string of the molecule is COc1ccc([C@@H](CCO)[C@@H](C#N)c2ccccn2)cc1. The third-order valence-electron chi connectivity index (χ3n) is 3.53. The Morgan fingerprint density at radius 1 is 1.24 bits per heavy atom. The van der Waals surface area contributed by atoms with Crippen LogP contribution in [0.1, 0.15) is 29.5 Å². The molecule has 0 fully saturated rings. The van der Waals surface area contributed by atoms with Crippen LogP contribution in [0.15, 0.2) is 48.7 Å². The Kier molecular flexibility index (Phi) is 5.30. The Balaban J connectivity index is 2.34. The van der Waals surface area contributed by atoms with E-state index >= 15 is 0 Å². The number of nitriles is 1. The van der Waals surface area contributed by atoms with Gasteiger partial charge in [0, 0.05) is 18.7 Å². The molecule has 1 N–H and O–H groups in total. The summed E-state index contributed by atoms with van der Waals surface area (Å²) in [5.41, 5.74) is 1.73. The first-order valence-electron chi connectivity index (χ1n) is 6.85. The van der Waals surface area contributed by atoms with E-state index in [0.29, 0.717) is 6.42 Å². The number of aliphatic hydroxyl groups excluding tert-OH is 1. The van der Waals surface area contributed by atoms with Crippen molar-refractivity contribution in [1.82, 2.24) is 4.98 Å². The maximum Gasteiger partial charge on any atom is 0.118 e. The smallest absolute Gasteiger partial charge is 0.118 e. The van der Waals surface area contributed by atoms with E-state index in [1.165, 1.54) is 0 Å². The molecule has 0 radical (unpaired) electrons. The molecule has 2 aromatic rings. The lowest BCUT2D eigenvalue weighted by atomic mass is 9.82. The van der Waals surface area contributed by atoms with Crippen LogP contribution in [-0.2, 0) is 0 Å². The molecule has 0 saturated heterocycles. The Morgan fingerprint density at radius 3 is 2.52 bits per heavy atom. The fourth-order valence-corrected chi connectivity index (χ4v) is 2.44. The summed E-state index contributed by atoms with van der Waals surface area (Å²) in [6.07, 6.45) is 2.20. The minimum atomic E-state index is -0.383. The van der Waals surface area contributed by atoms with E-state index in [2.05, 4.69) is 11.1 Å². The molecule has 1 aromatic heterocycles. The van der Waals surface area contributed by atoms with Crippen molar-refractivity contribution in [2.45, 2.75) is 18.3 Å². The Bertz CT molecular complexity index is 590. The van der Waals surface area contributed by atoms with Crippen LogP contribution >= 0.6 is 0 Å². The number of hydrogen-bond acceptors (Lipinski definition) is 4. The Morgan fingerprint density at radius 2 is 2.00 bits per heavy atom. The monoisotopic (exact) mass is 282 g/mol. The first kappa shape index (κ1) is 15.0. The molecule has 0 aliphatic heterocycles. The number of hydrogen-bond donors (Lipinski definition) is 1.